The molecule has 1 fully saturated rings. The Morgan fingerprint density at radius 3 is 3.00 bits per heavy atom. The van der Waals surface area contributed by atoms with Gasteiger partial charge in [-0.1, -0.05) is 0 Å². The molecule has 1 aliphatic heterocycles. The van der Waals surface area contributed by atoms with Gasteiger partial charge in [-0.05, 0) is 36.3 Å². The lowest BCUT2D eigenvalue weighted by Crippen LogP contribution is -2.11. The molecule has 2 rings (SSSR count). The first kappa shape index (κ1) is 9.16. The second-order valence-corrected chi connectivity index (χ2v) is 4.73. The molecule has 3 heteroatoms. The van der Waals surface area contributed by atoms with E-state index in [1.807, 2.05) is 18.7 Å². The predicted octanol–water partition coefficient (Wildman–Crippen LogP) is 2.37. The van der Waals surface area contributed by atoms with E-state index in [4.69, 9.17) is 4.42 Å². The minimum atomic E-state index is -0.325. The van der Waals surface area contributed by atoms with Gasteiger partial charge in [-0.15, -0.1) is 0 Å². The highest BCUT2D eigenvalue weighted by atomic mass is 32.2. The average molecular weight is 198 g/mol. The van der Waals surface area contributed by atoms with Crippen LogP contribution in [0.3, 0.4) is 0 Å². The molecule has 0 saturated carbocycles. The molecule has 1 N–H and O–H groups in total. The Morgan fingerprint density at radius 1 is 1.62 bits per heavy atom. The summed E-state index contributed by atoms with van der Waals surface area (Å²) >= 11 is 1.92. The molecule has 0 aliphatic carbocycles. The number of hydrogen-bond acceptors (Lipinski definition) is 3. The Hall–Kier alpha value is -0.410. The number of aliphatic hydroxyl groups is 1. The molecule has 2 atom stereocenters. The second kappa shape index (κ2) is 3.76. The van der Waals surface area contributed by atoms with Gasteiger partial charge in [-0.2, -0.15) is 11.8 Å². The van der Waals surface area contributed by atoms with Crippen molar-refractivity contribution in [1.29, 1.82) is 0 Å². The fourth-order valence-corrected chi connectivity index (χ4v) is 3.02. The van der Waals surface area contributed by atoms with Gasteiger partial charge in [0.15, 0.2) is 0 Å². The largest absolute Gasteiger partial charge is 0.472 e. The molecule has 1 aromatic heterocycles. The minimum absolute atomic E-state index is 0.325. The summed E-state index contributed by atoms with van der Waals surface area (Å²) in [5.41, 5.74) is 2.02. The van der Waals surface area contributed by atoms with Crippen molar-refractivity contribution in [1.82, 2.24) is 0 Å². The molecule has 1 aromatic rings. The number of furan rings is 1. The van der Waals surface area contributed by atoms with Crippen LogP contribution in [0.15, 0.2) is 16.9 Å². The third-order valence-electron chi connectivity index (χ3n) is 2.63. The molecule has 72 valence electrons. The summed E-state index contributed by atoms with van der Waals surface area (Å²) in [5.74, 6) is 2.67. The lowest BCUT2D eigenvalue weighted by molar-refractivity contribution is 0.120. The lowest BCUT2D eigenvalue weighted by atomic mass is 9.95. The van der Waals surface area contributed by atoms with Crippen LogP contribution in [-0.2, 0) is 0 Å². The third-order valence-corrected chi connectivity index (χ3v) is 3.81. The standard InChI is InChI=1S/C10H14O2S/c1-7-4-12-5-9(7)10(11)8-2-3-13-6-8/h4-5,8,10-11H,2-3,6H2,1H3. The van der Waals surface area contributed by atoms with E-state index in [-0.39, 0.29) is 6.10 Å². The van der Waals surface area contributed by atoms with Crippen molar-refractivity contribution in [3.05, 3.63) is 23.7 Å². The summed E-state index contributed by atoms with van der Waals surface area (Å²) in [6, 6.07) is 0. The molecule has 0 bridgehead atoms. The molecule has 2 heterocycles. The van der Waals surface area contributed by atoms with Crippen LogP contribution in [0.2, 0.25) is 0 Å². The maximum atomic E-state index is 10.0. The van der Waals surface area contributed by atoms with Crippen molar-refractivity contribution in [2.75, 3.05) is 11.5 Å². The summed E-state index contributed by atoms with van der Waals surface area (Å²) < 4.78 is 5.06. The molecule has 0 aromatic carbocycles. The van der Waals surface area contributed by atoms with Gasteiger partial charge in [-0.25, -0.2) is 0 Å². The zero-order valence-corrected chi connectivity index (χ0v) is 8.51. The average Bonchev–Trinajstić information content (AvgIpc) is 2.72. The van der Waals surface area contributed by atoms with E-state index >= 15 is 0 Å². The summed E-state index contributed by atoms with van der Waals surface area (Å²) in [7, 11) is 0. The predicted molar refractivity (Wildman–Crippen MR) is 53.8 cm³/mol. The van der Waals surface area contributed by atoms with Gasteiger partial charge in [0.25, 0.3) is 0 Å². The van der Waals surface area contributed by atoms with E-state index in [1.165, 1.54) is 5.75 Å². The first-order valence-corrected chi connectivity index (χ1v) is 5.73. The van der Waals surface area contributed by atoms with Gasteiger partial charge in [0.2, 0.25) is 0 Å². The van der Waals surface area contributed by atoms with E-state index in [1.54, 1.807) is 12.5 Å². The zero-order chi connectivity index (χ0) is 9.26. The summed E-state index contributed by atoms with van der Waals surface area (Å²) in [4.78, 5) is 0. The van der Waals surface area contributed by atoms with Crippen molar-refractivity contribution in [3.63, 3.8) is 0 Å². The van der Waals surface area contributed by atoms with Gasteiger partial charge < -0.3 is 9.52 Å². The Bertz CT molecular complexity index is 276. The van der Waals surface area contributed by atoms with Crippen LogP contribution >= 0.6 is 11.8 Å². The van der Waals surface area contributed by atoms with E-state index in [9.17, 15) is 5.11 Å². The van der Waals surface area contributed by atoms with Crippen molar-refractivity contribution < 1.29 is 9.52 Å². The van der Waals surface area contributed by atoms with Gasteiger partial charge in [0, 0.05) is 5.56 Å². The number of hydrogen-bond donors (Lipinski definition) is 1. The van der Waals surface area contributed by atoms with Crippen molar-refractivity contribution in [2.24, 2.45) is 5.92 Å². The number of rotatable bonds is 2. The molecule has 0 spiro atoms. The topological polar surface area (TPSA) is 33.4 Å². The third kappa shape index (κ3) is 1.76. The van der Waals surface area contributed by atoms with Crippen molar-refractivity contribution >= 4 is 11.8 Å². The molecule has 0 radical (unpaired) electrons. The Morgan fingerprint density at radius 2 is 2.46 bits per heavy atom. The molecule has 13 heavy (non-hydrogen) atoms. The van der Waals surface area contributed by atoms with Gasteiger partial charge in [0.1, 0.15) is 0 Å². The van der Waals surface area contributed by atoms with Crippen LogP contribution in [0.5, 0.6) is 0 Å². The highest BCUT2D eigenvalue weighted by Crippen LogP contribution is 2.35. The lowest BCUT2D eigenvalue weighted by Gasteiger charge is -2.15. The molecule has 1 saturated heterocycles. The van der Waals surface area contributed by atoms with Crippen molar-refractivity contribution in [2.45, 2.75) is 19.4 Å². The smallest absolute Gasteiger partial charge is 0.0963 e. The van der Waals surface area contributed by atoms with Crippen LogP contribution in [-0.4, -0.2) is 16.6 Å². The highest BCUT2D eigenvalue weighted by Gasteiger charge is 2.26. The SMILES string of the molecule is Cc1cocc1C(O)C1CCSC1. The number of thioether (sulfide) groups is 1. The quantitative estimate of drug-likeness (QED) is 0.792. The van der Waals surface area contributed by atoms with Gasteiger partial charge in [0.05, 0.1) is 18.6 Å². The minimum Gasteiger partial charge on any atom is -0.472 e. The molecule has 0 amide bonds. The van der Waals surface area contributed by atoms with Crippen LogP contribution in [0, 0.1) is 12.8 Å². The van der Waals surface area contributed by atoms with E-state index in [0.29, 0.717) is 5.92 Å². The van der Waals surface area contributed by atoms with Crippen LogP contribution < -0.4 is 0 Å². The molecular weight excluding hydrogens is 184 g/mol. The Labute approximate surface area is 82.3 Å². The monoisotopic (exact) mass is 198 g/mol. The Kier molecular flexibility index (Phi) is 2.65. The normalized spacial score (nSPS) is 24.9. The first-order valence-electron chi connectivity index (χ1n) is 4.57. The maximum absolute atomic E-state index is 10.0. The van der Waals surface area contributed by atoms with E-state index in [2.05, 4.69) is 0 Å². The van der Waals surface area contributed by atoms with Crippen LogP contribution in [0.25, 0.3) is 0 Å². The Balaban J connectivity index is 2.12. The number of aryl methyl sites for hydroxylation is 1. The number of aliphatic hydroxyl groups excluding tert-OH is 1. The highest BCUT2D eigenvalue weighted by molar-refractivity contribution is 7.99. The van der Waals surface area contributed by atoms with Crippen LogP contribution in [0.4, 0.5) is 0 Å². The van der Waals surface area contributed by atoms with E-state index < -0.39 is 0 Å². The maximum Gasteiger partial charge on any atom is 0.0963 e. The fraction of sp³-hybridized carbons (Fsp3) is 0.600. The first-order chi connectivity index (χ1) is 6.29. The van der Waals surface area contributed by atoms with E-state index in [0.717, 1.165) is 23.3 Å². The molecular formula is C10H14O2S. The summed E-state index contributed by atoms with van der Waals surface area (Å²) in [5, 5.41) is 10.0. The van der Waals surface area contributed by atoms with Crippen molar-refractivity contribution in [3.8, 4) is 0 Å². The molecule has 2 unspecified atom stereocenters. The summed E-state index contributed by atoms with van der Waals surface area (Å²) in [6.07, 6.45) is 4.16. The van der Waals surface area contributed by atoms with Gasteiger partial charge >= 0.3 is 0 Å². The molecule has 1 aliphatic rings. The van der Waals surface area contributed by atoms with Crippen LogP contribution in [0.1, 0.15) is 23.7 Å². The summed E-state index contributed by atoms with van der Waals surface area (Å²) in [6.45, 7) is 1.98. The second-order valence-electron chi connectivity index (χ2n) is 3.58. The zero-order valence-electron chi connectivity index (χ0n) is 7.69. The fourth-order valence-electron chi connectivity index (χ4n) is 1.73. The van der Waals surface area contributed by atoms with Gasteiger partial charge in [-0.3, -0.25) is 0 Å². The molecule has 2 nitrogen and oxygen atoms in total.